The molecule has 0 aromatic heterocycles. The lowest BCUT2D eigenvalue weighted by molar-refractivity contribution is 0.0643. The first kappa shape index (κ1) is 14.4. The van der Waals surface area contributed by atoms with Gasteiger partial charge < -0.3 is 14.7 Å². The highest BCUT2D eigenvalue weighted by Crippen LogP contribution is 2.27. The Labute approximate surface area is 108 Å². The third-order valence-electron chi connectivity index (χ3n) is 2.77. The van der Waals surface area contributed by atoms with Gasteiger partial charge in [-0.25, -0.2) is 0 Å². The van der Waals surface area contributed by atoms with Crippen molar-refractivity contribution in [2.24, 2.45) is 0 Å². The van der Waals surface area contributed by atoms with Crippen LogP contribution in [0.1, 0.15) is 38.1 Å². The van der Waals surface area contributed by atoms with E-state index in [1.54, 1.807) is 17.0 Å². The van der Waals surface area contributed by atoms with Gasteiger partial charge >= 0.3 is 0 Å². The van der Waals surface area contributed by atoms with Gasteiger partial charge in [0.05, 0.1) is 7.11 Å². The summed E-state index contributed by atoms with van der Waals surface area (Å²) in [5.41, 5.74) is 0.468. The van der Waals surface area contributed by atoms with Gasteiger partial charge in [-0.15, -0.1) is 0 Å². The van der Waals surface area contributed by atoms with Crippen LogP contribution < -0.4 is 4.74 Å². The summed E-state index contributed by atoms with van der Waals surface area (Å²) in [5.74, 6) is 0.265. The first-order chi connectivity index (χ1) is 8.38. The Kier molecular flexibility index (Phi) is 4.59. The maximum Gasteiger partial charge on any atom is 0.254 e. The molecule has 0 radical (unpaired) electrons. The van der Waals surface area contributed by atoms with E-state index in [4.69, 9.17) is 4.74 Å². The highest BCUT2D eigenvalue weighted by Gasteiger charge is 2.22. The van der Waals surface area contributed by atoms with Crippen molar-refractivity contribution >= 4 is 5.91 Å². The first-order valence-electron chi connectivity index (χ1n) is 6.08. The van der Waals surface area contributed by atoms with Gasteiger partial charge in [-0.05, 0) is 45.9 Å². The second kappa shape index (κ2) is 5.76. The molecule has 0 heterocycles. The second-order valence-electron chi connectivity index (χ2n) is 4.79. The van der Waals surface area contributed by atoms with Gasteiger partial charge in [0, 0.05) is 17.6 Å². The number of amides is 1. The summed E-state index contributed by atoms with van der Waals surface area (Å²) < 4.78 is 4.96. The zero-order chi connectivity index (χ0) is 13.9. The third kappa shape index (κ3) is 2.94. The van der Waals surface area contributed by atoms with Crippen molar-refractivity contribution in [3.05, 3.63) is 23.8 Å². The van der Waals surface area contributed by atoms with Crippen molar-refractivity contribution in [2.75, 3.05) is 7.11 Å². The number of phenolic OH excluding ortho intramolecular Hbond substituents is 1. The molecule has 18 heavy (non-hydrogen) atoms. The van der Waals surface area contributed by atoms with E-state index >= 15 is 0 Å². The fourth-order valence-corrected chi connectivity index (χ4v) is 2.04. The Morgan fingerprint density at radius 3 is 2.17 bits per heavy atom. The van der Waals surface area contributed by atoms with Gasteiger partial charge in [-0.2, -0.15) is 0 Å². The Morgan fingerprint density at radius 1 is 1.22 bits per heavy atom. The van der Waals surface area contributed by atoms with E-state index in [0.717, 1.165) is 0 Å². The summed E-state index contributed by atoms with van der Waals surface area (Å²) >= 11 is 0. The smallest absolute Gasteiger partial charge is 0.254 e. The number of aromatic hydroxyl groups is 1. The number of ether oxygens (including phenoxy) is 1. The van der Waals surface area contributed by atoms with Gasteiger partial charge in [-0.1, -0.05) is 0 Å². The normalized spacial score (nSPS) is 10.8. The fourth-order valence-electron chi connectivity index (χ4n) is 2.04. The number of benzene rings is 1. The summed E-state index contributed by atoms with van der Waals surface area (Å²) in [5, 5.41) is 9.70. The van der Waals surface area contributed by atoms with E-state index in [1.165, 1.54) is 13.2 Å². The average molecular weight is 251 g/mol. The molecule has 0 aliphatic carbocycles. The quantitative estimate of drug-likeness (QED) is 0.895. The van der Waals surface area contributed by atoms with E-state index in [9.17, 15) is 9.90 Å². The van der Waals surface area contributed by atoms with Crippen LogP contribution in [0, 0.1) is 0 Å². The number of phenols is 1. The molecule has 4 nitrogen and oxygen atoms in total. The van der Waals surface area contributed by atoms with Gasteiger partial charge in [0.2, 0.25) is 0 Å². The van der Waals surface area contributed by atoms with Crippen molar-refractivity contribution in [1.29, 1.82) is 0 Å². The van der Waals surface area contributed by atoms with Crippen molar-refractivity contribution < 1.29 is 14.6 Å². The van der Waals surface area contributed by atoms with Crippen molar-refractivity contribution in [1.82, 2.24) is 4.90 Å². The lowest BCUT2D eigenvalue weighted by Crippen LogP contribution is -2.42. The first-order valence-corrected chi connectivity index (χ1v) is 6.08. The Balaban J connectivity index is 3.06. The van der Waals surface area contributed by atoms with Crippen LogP contribution in [0.3, 0.4) is 0 Å². The van der Waals surface area contributed by atoms with E-state index in [-0.39, 0.29) is 23.7 Å². The average Bonchev–Trinajstić information content (AvgIpc) is 2.27. The lowest BCUT2D eigenvalue weighted by atomic mass is 10.1. The van der Waals surface area contributed by atoms with Crippen molar-refractivity contribution in [2.45, 2.75) is 39.8 Å². The highest BCUT2D eigenvalue weighted by molar-refractivity contribution is 5.95. The zero-order valence-electron chi connectivity index (χ0n) is 11.6. The summed E-state index contributed by atoms with van der Waals surface area (Å²) in [4.78, 5) is 14.1. The highest BCUT2D eigenvalue weighted by atomic mass is 16.5. The minimum absolute atomic E-state index is 0.0178. The monoisotopic (exact) mass is 251 g/mol. The van der Waals surface area contributed by atoms with Crippen LogP contribution in [0.15, 0.2) is 18.2 Å². The molecule has 0 unspecified atom stereocenters. The third-order valence-corrected chi connectivity index (χ3v) is 2.77. The number of hydrogen-bond donors (Lipinski definition) is 1. The van der Waals surface area contributed by atoms with Crippen LogP contribution in [0.5, 0.6) is 11.5 Å². The Morgan fingerprint density at radius 2 is 1.78 bits per heavy atom. The molecule has 1 aromatic carbocycles. The SMILES string of the molecule is COc1ccc(C(=O)N(C(C)C)C(C)C)cc1O. The van der Waals surface area contributed by atoms with Crippen LogP contribution in [-0.4, -0.2) is 35.1 Å². The number of nitrogens with zero attached hydrogens (tertiary/aromatic N) is 1. The van der Waals surface area contributed by atoms with Crippen LogP contribution >= 0.6 is 0 Å². The molecule has 0 aliphatic heterocycles. The predicted octanol–water partition coefficient (Wildman–Crippen LogP) is 2.66. The minimum atomic E-state index is -0.0852. The maximum absolute atomic E-state index is 12.4. The van der Waals surface area contributed by atoms with Crippen LogP contribution in [0.25, 0.3) is 0 Å². The van der Waals surface area contributed by atoms with Crippen LogP contribution in [-0.2, 0) is 0 Å². The fraction of sp³-hybridized carbons (Fsp3) is 0.500. The van der Waals surface area contributed by atoms with Crippen molar-refractivity contribution in [3.63, 3.8) is 0 Å². The standard InChI is InChI=1S/C14H21NO3/c1-9(2)15(10(3)4)14(17)11-6-7-13(18-5)12(16)8-11/h6-10,16H,1-5H3. The molecule has 1 amide bonds. The predicted molar refractivity (Wildman–Crippen MR) is 71.1 cm³/mol. The molecule has 0 atom stereocenters. The van der Waals surface area contributed by atoms with Crippen LogP contribution in [0.2, 0.25) is 0 Å². The second-order valence-corrected chi connectivity index (χ2v) is 4.79. The molecule has 1 rings (SSSR count). The largest absolute Gasteiger partial charge is 0.504 e. The van der Waals surface area contributed by atoms with Crippen molar-refractivity contribution in [3.8, 4) is 11.5 Å². The summed E-state index contributed by atoms with van der Waals surface area (Å²) in [7, 11) is 1.48. The number of methoxy groups -OCH3 is 1. The molecular weight excluding hydrogens is 230 g/mol. The molecule has 1 aromatic rings. The van der Waals surface area contributed by atoms with E-state index in [1.807, 2.05) is 27.7 Å². The summed E-state index contributed by atoms with van der Waals surface area (Å²) in [6.07, 6.45) is 0. The van der Waals surface area contributed by atoms with Crippen LogP contribution in [0.4, 0.5) is 0 Å². The van der Waals surface area contributed by atoms with Gasteiger partial charge in [-0.3, -0.25) is 4.79 Å². The molecule has 0 aliphatic rings. The number of hydrogen-bond acceptors (Lipinski definition) is 3. The van der Waals surface area contributed by atoms with Gasteiger partial charge in [0.15, 0.2) is 11.5 Å². The molecule has 100 valence electrons. The molecular formula is C14H21NO3. The number of carbonyl (C=O) groups excluding carboxylic acids is 1. The molecule has 4 heteroatoms. The zero-order valence-corrected chi connectivity index (χ0v) is 11.6. The molecule has 1 N–H and O–H groups in total. The maximum atomic E-state index is 12.4. The molecule has 0 spiro atoms. The Hall–Kier alpha value is -1.71. The molecule has 0 bridgehead atoms. The van der Waals surface area contributed by atoms with E-state index in [2.05, 4.69) is 0 Å². The topological polar surface area (TPSA) is 49.8 Å². The van der Waals surface area contributed by atoms with E-state index in [0.29, 0.717) is 11.3 Å². The van der Waals surface area contributed by atoms with Gasteiger partial charge in [0.25, 0.3) is 5.91 Å². The molecule has 0 saturated heterocycles. The number of rotatable bonds is 4. The Bertz CT molecular complexity index is 419. The summed E-state index contributed by atoms with van der Waals surface area (Å²) in [6, 6.07) is 4.93. The minimum Gasteiger partial charge on any atom is -0.504 e. The molecule has 0 saturated carbocycles. The van der Waals surface area contributed by atoms with E-state index < -0.39 is 0 Å². The molecule has 0 fully saturated rings. The van der Waals surface area contributed by atoms with Gasteiger partial charge in [0.1, 0.15) is 0 Å². The number of carbonyl (C=O) groups is 1. The summed E-state index contributed by atoms with van der Waals surface area (Å²) in [6.45, 7) is 7.89. The lowest BCUT2D eigenvalue weighted by Gasteiger charge is -2.30.